The maximum Gasteiger partial charge on any atom is 0.305 e. The van der Waals surface area contributed by atoms with Gasteiger partial charge in [-0.2, -0.15) is 0 Å². The Morgan fingerprint density at radius 2 is 1.69 bits per heavy atom. The smallest absolute Gasteiger partial charge is 0.305 e. The number of anilines is 3. The number of nitrogens with zero attached hydrogens (tertiary/aromatic N) is 2. The summed E-state index contributed by atoms with van der Waals surface area (Å²) in [6, 6.07) is 5.49. The summed E-state index contributed by atoms with van der Waals surface area (Å²) in [5.74, 6) is -1.55. The Balaban J connectivity index is 1.42. The molecule has 1 atom stereocenters. The molecule has 1 unspecified atom stereocenters. The summed E-state index contributed by atoms with van der Waals surface area (Å²) in [6.45, 7) is 1.64. The van der Waals surface area contributed by atoms with Crippen molar-refractivity contribution in [3.05, 3.63) is 78.3 Å². The maximum absolute atomic E-state index is 12.6. The third-order valence-electron chi connectivity index (χ3n) is 6.34. The van der Waals surface area contributed by atoms with Crippen LogP contribution in [0.25, 0.3) is 0 Å². The van der Waals surface area contributed by atoms with E-state index in [1.54, 1.807) is 29.2 Å². The van der Waals surface area contributed by atoms with Gasteiger partial charge in [-0.15, -0.1) is 0 Å². The van der Waals surface area contributed by atoms with E-state index in [-0.39, 0.29) is 39.3 Å². The highest BCUT2D eigenvalue weighted by molar-refractivity contribution is 6.40. The summed E-state index contributed by atoms with van der Waals surface area (Å²) in [4.78, 5) is 65.9. The molecule has 1 fully saturated rings. The lowest BCUT2D eigenvalue weighted by atomic mass is 10.0. The number of aliphatic carboxylic acids is 1. The number of pyridine rings is 1. The number of halogens is 2. The first kappa shape index (κ1) is 28.1. The van der Waals surface area contributed by atoms with Crippen LogP contribution in [0.2, 0.25) is 10.0 Å². The fraction of sp³-hybridized carbons (Fsp3) is 0.308. The van der Waals surface area contributed by atoms with Gasteiger partial charge in [0.25, 0.3) is 16.8 Å². The van der Waals surface area contributed by atoms with Crippen molar-refractivity contribution in [1.82, 2.24) is 9.88 Å². The minimum Gasteiger partial charge on any atom is -0.481 e. The molecule has 2 aromatic carbocycles. The van der Waals surface area contributed by atoms with Crippen molar-refractivity contribution in [2.75, 3.05) is 35.6 Å². The van der Waals surface area contributed by atoms with Gasteiger partial charge in [-0.25, -0.2) is 0 Å². The normalized spacial score (nSPS) is 13.9. The van der Waals surface area contributed by atoms with Crippen LogP contribution in [-0.4, -0.2) is 52.4 Å². The highest BCUT2D eigenvalue weighted by Gasteiger charge is 2.26. The lowest BCUT2D eigenvalue weighted by molar-refractivity contribution is -0.137. The van der Waals surface area contributed by atoms with Gasteiger partial charge in [0.15, 0.2) is 0 Å². The van der Waals surface area contributed by atoms with E-state index in [1.807, 2.05) is 0 Å². The van der Waals surface area contributed by atoms with Crippen molar-refractivity contribution in [1.29, 1.82) is 0 Å². The van der Waals surface area contributed by atoms with Crippen molar-refractivity contribution < 1.29 is 19.5 Å². The topological polar surface area (TPSA) is 158 Å². The molecule has 1 aliphatic rings. The zero-order chi connectivity index (χ0) is 28.1. The molecule has 0 spiro atoms. The number of rotatable bonds is 12. The standard InChI is InChI=1S/C26H25Cl2N5O6/c27-16-12-29-13-17(28)21(16)26(39)31-15-6-4-14(5-7-15)18(11-20(35)36)32-23-22(24(37)25(23)38)30-8-2-10-33-9-1-3-19(33)34/h4-7,12-13,18,30,32H,1-3,8-11H2,(H,31,39)(H,35,36). The summed E-state index contributed by atoms with van der Waals surface area (Å²) < 4.78 is 0. The van der Waals surface area contributed by atoms with Crippen LogP contribution < -0.4 is 26.8 Å². The molecule has 4 rings (SSSR count). The quantitative estimate of drug-likeness (QED) is 0.188. The molecule has 2 amide bonds. The number of carbonyl (C=O) groups is 3. The van der Waals surface area contributed by atoms with E-state index in [0.717, 1.165) is 13.0 Å². The third kappa shape index (κ3) is 6.55. The van der Waals surface area contributed by atoms with Crippen LogP contribution in [0.15, 0.2) is 46.2 Å². The average Bonchev–Trinajstić information content (AvgIpc) is 3.31. The molecule has 1 saturated heterocycles. The minimum atomic E-state index is -1.12. The first-order valence-corrected chi connectivity index (χ1v) is 12.9. The Hall–Kier alpha value is -3.96. The van der Waals surface area contributed by atoms with Crippen molar-refractivity contribution in [3.8, 4) is 0 Å². The molecule has 4 N–H and O–H groups in total. The lowest BCUT2D eigenvalue weighted by Crippen LogP contribution is -2.39. The molecular weight excluding hydrogens is 549 g/mol. The number of benzene rings is 1. The molecule has 11 nitrogen and oxygen atoms in total. The van der Waals surface area contributed by atoms with Crippen molar-refractivity contribution >= 4 is 58.0 Å². The average molecular weight is 574 g/mol. The Kier molecular flexibility index (Phi) is 8.82. The summed E-state index contributed by atoms with van der Waals surface area (Å²) in [5, 5.41) is 18.1. The lowest BCUT2D eigenvalue weighted by Gasteiger charge is -2.22. The zero-order valence-electron chi connectivity index (χ0n) is 20.6. The van der Waals surface area contributed by atoms with Crippen LogP contribution in [-0.2, 0) is 9.59 Å². The number of aromatic nitrogens is 1. The summed E-state index contributed by atoms with van der Waals surface area (Å²) in [5.41, 5.74) is -0.333. The second-order valence-corrected chi connectivity index (χ2v) is 9.84. The Bertz CT molecular complexity index is 1450. The molecular formula is C26H25Cl2N5O6. The Morgan fingerprint density at radius 1 is 1.03 bits per heavy atom. The molecule has 39 heavy (non-hydrogen) atoms. The third-order valence-corrected chi connectivity index (χ3v) is 6.91. The van der Waals surface area contributed by atoms with E-state index >= 15 is 0 Å². The highest BCUT2D eigenvalue weighted by Crippen LogP contribution is 2.28. The van der Waals surface area contributed by atoms with Gasteiger partial charge in [-0.05, 0) is 30.5 Å². The Morgan fingerprint density at radius 3 is 2.31 bits per heavy atom. The van der Waals surface area contributed by atoms with Crippen LogP contribution in [0.1, 0.15) is 47.6 Å². The van der Waals surface area contributed by atoms with Gasteiger partial charge in [0, 0.05) is 44.1 Å². The first-order valence-electron chi connectivity index (χ1n) is 12.2. The van der Waals surface area contributed by atoms with Crippen molar-refractivity contribution in [2.24, 2.45) is 0 Å². The second kappa shape index (κ2) is 12.3. The monoisotopic (exact) mass is 573 g/mol. The number of amides is 2. The van der Waals surface area contributed by atoms with Crippen LogP contribution in [0, 0.1) is 0 Å². The molecule has 1 aliphatic heterocycles. The SMILES string of the molecule is O=C(O)CC(Nc1c(NCCCN2CCCC2=O)c(=O)c1=O)c1ccc(NC(=O)c2c(Cl)cncc2Cl)cc1. The largest absolute Gasteiger partial charge is 0.481 e. The molecule has 0 saturated carbocycles. The van der Waals surface area contributed by atoms with Crippen molar-refractivity contribution in [3.63, 3.8) is 0 Å². The minimum absolute atomic E-state index is 0.0165. The van der Waals surface area contributed by atoms with E-state index < -0.39 is 28.8 Å². The van der Waals surface area contributed by atoms with Crippen LogP contribution in [0.5, 0.6) is 0 Å². The first-order chi connectivity index (χ1) is 18.7. The van der Waals surface area contributed by atoms with E-state index in [9.17, 15) is 29.1 Å². The van der Waals surface area contributed by atoms with Gasteiger partial charge in [0.05, 0.1) is 28.1 Å². The molecule has 3 aromatic rings. The second-order valence-electron chi connectivity index (χ2n) is 9.02. The van der Waals surface area contributed by atoms with E-state index in [1.165, 1.54) is 12.4 Å². The van der Waals surface area contributed by atoms with Crippen molar-refractivity contribution in [2.45, 2.75) is 31.7 Å². The van der Waals surface area contributed by atoms with Gasteiger partial charge in [0.1, 0.15) is 11.4 Å². The molecule has 0 bridgehead atoms. The zero-order valence-corrected chi connectivity index (χ0v) is 22.1. The number of carbonyl (C=O) groups excluding carboxylic acids is 2. The maximum atomic E-state index is 12.6. The van der Waals surface area contributed by atoms with Crippen LogP contribution in [0.4, 0.5) is 17.1 Å². The predicted molar refractivity (Wildman–Crippen MR) is 148 cm³/mol. The fourth-order valence-electron chi connectivity index (χ4n) is 4.34. The number of likely N-dealkylation sites (tertiary alicyclic amines) is 1. The number of hydrogen-bond donors (Lipinski definition) is 4. The van der Waals surface area contributed by atoms with Crippen LogP contribution >= 0.6 is 23.2 Å². The van der Waals surface area contributed by atoms with E-state index in [0.29, 0.717) is 37.2 Å². The Labute approximate surface area is 232 Å². The highest BCUT2D eigenvalue weighted by atomic mass is 35.5. The van der Waals surface area contributed by atoms with Gasteiger partial charge >= 0.3 is 5.97 Å². The molecule has 204 valence electrons. The van der Waals surface area contributed by atoms with Crippen LogP contribution in [0.3, 0.4) is 0 Å². The number of nitrogens with one attached hydrogen (secondary N) is 3. The number of carboxylic acid groups (broad SMARTS) is 1. The molecule has 1 aromatic heterocycles. The summed E-state index contributed by atoms with van der Waals surface area (Å²) in [6.07, 6.45) is 4.20. The van der Waals surface area contributed by atoms with E-state index in [2.05, 4.69) is 20.9 Å². The van der Waals surface area contributed by atoms with E-state index in [4.69, 9.17) is 23.2 Å². The number of carboxylic acids is 1. The molecule has 0 aliphatic carbocycles. The van der Waals surface area contributed by atoms with Gasteiger partial charge in [-0.1, -0.05) is 35.3 Å². The molecule has 13 heteroatoms. The van der Waals surface area contributed by atoms with Gasteiger partial charge < -0.3 is 26.0 Å². The van der Waals surface area contributed by atoms with Gasteiger partial charge in [-0.3, -0.25) is 29.0 Å². The van der Waals surface area contributed by atoms with Gasteiger partial charge in [0.2, 0.25) is 5.91 Å². The summed E-state index contributed by atoms with van der Waals surface area (Å²) in [7, 11) is 0. The fourth-order valence-corrected chi connectivity index (χ4v) is 4.88. The number of hydrogen-bond acceptors (Lipinski definition) is 8. The summed E-state index contributed by atoms with van der Waals surface area (Å²) >= 11 is 12.1. The molecule has 0 radical (unpaired) electrons. The molecule has 2 heterocycles. The predicted octanol–water partition coefficient (Wildman–Crippen LogP) is 3.29.